The fraction of sp³-hybridized carbons (Fsp3) is 1.00. The first-order valence-corrected chi connectivity index (χ1v) is 7.31. The van der Waals surface area contributed by atoms with Gasteiger partial charge in [-0.2, -0.15) is 0 Å². The highest BCUT2D eigenvalue weighted by Gasteiger charge is 2.45. The summed E-state index contributed by atoms with van der Waals surface area (Å²) in [5.41, 5.74) is 6.27. The molecule has 106 valence electrons. The van der Waals surface area contributed by atoms with Crippen molar-refractivity contribution in [3.63, 3.8) is 0 Å². The second-order valence-electron chi connectivity index (χ2n) is 5.96. The van der Waals surface area contributed by atoms with Gasteiger partial charge in [0.1, 0.15) is 0 Å². The van der Waals surface area contributed by atoms with Crippen LogP contribution in [0.15, 0.2) is 0 Å². The molecule has 4 heteroatoms. The Morgan fingerprint density at radius 2 is 2.06 bits per heavy atom. The maximum absolute atomic E-state index is 6.16. The Balaban J connectivity index is 2.12. The van der Waals surface area contributed by atoms with Gasteiger partial charge in [0.05, 0.1) is 12.2 Å². The van der Waals surface area contributed by atoms with Crippen molar-refractivity contribution < 1.29 is 9.47 Å². The maximum Gasteiger partial charge on any atom is 0.0670 e. The third-order valence-electron chi connectivity index (χ3n) is 4.74. The zero-order chi connectivity index (χ0) is 13.1. The maximum atomic E-state index is 6.16. The molecular formula is C14H28N2O2. The van der Waals surface area contributed by atoms with Crippen molar-refractivity contribution in [2.75, 3.05) is 39.5 Å². The summed E-state index contributed by atoms with van der Waals surface area (Å²) in [6.07, 6.45) is 4.27. The Bertz CT molecular complexity index is 267. The number of nitrogens with two attached hydrogens (primary N) is 1. The van der Waals surface area contributed by atoms with E-state index in [1.807, 2.05) is 0 Å². The van der Waals surface area contributed by atoms with Crippen molar-refractivity contribution in [2.45, 2.75) is 50.7 Å². The van der Waals surface area contributed by atoms with Crippen LogP contribution in [0.4, 0.5) is 0 Å². The second-order valence-corrected chi connectivity index (χ2v) is 5.96. The molecule has 0 saturated carbocycles. The highest BCUT2D eigenvalue weighted by atomic mass is 16.5. The highest BCUT2D eigenvalue weighted by Crippen LogP contribution is 2.38. The molecule has 0 aliphatic carbocycles. The molecule has 0 aromatic heterocycles. The van der Waals surface area contributed by atoms with E-state index in [0.717, 1.165) is 65.1 Å². The summed E-state index contributed by atoms with van der Waals surface area (Å²) in [6.45, 7) is 9.84. The van der Waals surface area contributed by atoms with Crippen LogP contribution < -0.4 is 5.73 Å². The number of nitrogens with zero attached hydrogens (tertiary/aromatic N) is 1. The molecule has 2 aliphatic rings. The molecule has 0 amide bonds. The van der Waals surface area contributed by atoms with Gasteiger partial charge in [0.25, 0.3) is 0 Å². The minimum absolute atomic E-state index is 0.00915. The van der Waals surface area contributed by atoms with Crippen molar-refractivity contribution in [3.05, 3.63) is 0 Å². The Kier molecular flexibility index (Phi) is 4.64. The van der Waals surface area contributed by atoms with Crippen molar-refractivity contribution in [3.8, 4) is 0 Å². The number of hydrogen-bond donors (Lipinski definition) is 1. The summed E-state index contributed by atoms with van der Waals surface area (Å²) in [5.74, 6) is 0. The minimum atomic E-state index is -0.00915. The third-order valence-corrected chi connectivity index (χ3v) is 4.74. The van der Waals surface area contributed by atoms with E-state index in [4.69, 9.17) is 15.2 Å². The minimum Gasteiger partial charge on any atom is -0.380 e. The molecule has 2 atom stereocenters. The van der Waals surface area contributed by atoms with Gasteiger partial charge in [-0.3, -0.25) is 4.90 Å². The van der Waals surface area contributed by atoms with Gasteiger partial charge in [-0.05, 0) is 32.6 Å². The first-order valence-electron chi connectivity index (χ1n) is 7.31. The van der Waals surface area contributed by atoms with Gasteiger partial charge in [0, 0.05) is 38.4 Å². The highest BCUT2D eigenvalue weighted by molar-refractivity contribution is 5.00. The van der Waals surface area contributed by atoms with Gasteiger partial charge in [-0.25, -0.2) is 0 Å². The van der Waals surface area contributed by atoms with Gasteiger partial charge in [-0.15, -0.1) is 0 Å². The van der Waals surface area contributed by atoms with Gasteiger partial charge >= 0.3 is 0 Å². The van der Waals surface area contributed by atoms with E-state index in [0.29, 0.717) is 0 Å². The van der Waals surface area contributed by atoms with Crippen LogP contribution in [-0.4, -0.2) is 55.5 Å². The summed E-state index contributed by atoms with van der Waals surface area (Å²) in [6, 6.07) is 0. The van der Waals surface area contributed by atoms with Crippen LogP contribution in [0, 0.1) is 0 Å². The molecule has 0 aromatic rings. The summed E-state index contributed by atoms with van der Waals surface area (Å²) < 4.78 is 11.5. The van der Waals surface area contributed by atoms with E-state index < -0.39 is 0 Å². The van der Waals surface area contributed by atoms with Gasteiger partial charge in [0.2, 0.25) is 0 Å². The van der Waals surface area contributed by atoms with E-state index in [1.165, 1.54) is 0 Å². The Hall–Kier alpha value is -0.160. The van der Waals surface area contributed by atoms with E-state index >= 15 is 0 Å². The van der Waals surface area contributed by atoms with Gasteiger partial charge < -0.3 is 15.2 Å². The molecule has 2 unspecified atom stereocenters. The predicted molar refractivity (Wildman–Crippen MR) is 72.7 cm³/mol. The van der Waals surface area contributed by atoms with E-state index in [9.17, 15) is 0 Å². The van der Waals surface area contributed by atoms with Gasteiger partial charge in [-0.1, -0.05) is 6.92 Å². The molecule has 0 aromatic carbocycles. The molecule has 2 saturated heterocycles. The monoisotopic (exact) mass is 256 g/mol. The van der Waals surface area contributed by atoms with Crippen LogP contribution in [0.3, 0.4) is 0 Å². The number of rotatable bonds is 3. The number of hydrogen-bond acceptors (Lipinski definition) is 4. The van der Waals surface area contributed by atoms with Crippen LogP contribution in [0.2, 0.25) is 0 Å². The largest absolute Gasteiger partial charge is 0.380 e. The van der Waals surface area contributed by atoms with Gasteiger partial charge in [0.15, 0.2) is 0 Å². The lowest BCUT2D eigenvalue weighted by Crippen LogP contribution is -2.61. The quantitative estimate of drug-likeness (QED) is 0.829. The average Bonchev–Trinajstić information content (AvgIpc) is 2.68. The smallest absolute Gasteiger partial charge is 0.0670 e. The van der Waals surface area contributed by atoms with Crippen LogP contribution in [-0.2, 0) is 9.47 Å². The fourth-order valence-electron chi connectivity index (χ4n) is 3.34. The molecule has 2 N–H and O–H groups in total. The molecule has 0 spiro atoms. The summed E-state index contributed by atoms with van der Waals surface area (Å²) in [5, 5.41) is 0. The van der Waals surface area contributed by atoms with Crippen LogP contribution in [0.1, 0.15) is 39.5 Å². The van der Waals surface area contributed by atoms with Crippen LogP contribution in [0.5, 0.6) is 0 Å². The first-order chi connectivity index (χ1) is 8.64. The Morgan fingerprint density at radius 3 is 2.78 bits per heavy atom. The predicted octanol–water partition coefficient (Wildman–Crippen LogP) is 1.39. The van der Waals surface area contributed by atoms with Crippen LogP contribution in [0.25, 0.3) is 0 Å². The standard InChI is InChI=1S/C14H28N2O2/c1-3-13(2)11-14(12-15,5-9-18-13)16-6-4-8-17-10-7-16/h3-12,15H2,1-2H3. The molecule has 4 nitrogen and oxygen atoms in total. The lowest BCUT2D eigenvalue weighted by Gasteiger charge is -2.51. The Labute approximate surface area is 111 Å². The van der Waals surface area contributed by atoms with E-state index in [-0.39, 0.29) is 11.1 Å². The van der Waals surface area contributed by atoms with Crippen LogP contribution >= 0.6 is 0 Å². The van der Waals surface area contributed by atoms with Crippen molar-refractivity contribution >= 4 is 0 Å². The summed E-state index contributed by atoms with van der Waals surface area (Å²) in [4.78, 5) is 2.57. The Morgan fingerprint density at radius 1 is 1.22 bits per heavy atom. The molecule has 0 radical (unpaired) electrons. The first kappa shape index (κ1) is 14.3. The molecule has 2 fully saturated rings. The molecule has 2 rings (SSSR count). The number of ether oxygens (including phenoxy) is 2. The van der Waals surface area contributed by atoms with E-state index in [2.05, 4.69) is 18.7 Å². The SMILES string of the molecule is CCC1(C)CC(CN)(N2CCCOCC2)CCO1. The van der Waals surface area contributed by atoms with Crippen molar-refractivity contribution in [1.82, 2.24) is 4.90 Å². The third kappa shape index (κ3) is 2.87. The fourth-order valence-corrected chi connectivity index (χ4v) is 3.34. The molecule has 0 bridgehead atoms. The lowest BCUT2D eigenvalue weighted by atomic mass is 9.78. The molecule has 2 aliphatic heterocycles. The molecule has 2 heterocycles. The van der Waals surface area contributed by atoms with Crippen molar-refractivity contribution in [1.29, 1.82) is 0 Å². The zero-order valence-electron chi connectivity index (χ0n) is 11.9. The topological polar surface area (TPSA) is 47.7 Å². The second kappa shape index (κ2) is 5.87. The zero-order valence-corrected chi connectivity index (χ0v) is 11.9. The van der Waals surface area contributed by atoms with Crippen molar-refractivity contribution in [2.24, 2.45) is 5.73 Å². The molecule has 18 heavy (non-hydrogen) atoms. The summed E-state index contributed by atoms with van der Waals surface area (Å²) in [7, 11) is 0. The summed E-state index contributed by atoms with van der Waals surface area (Å²) >= 11 is 0. The molecular weight excluding hydrogens is 228 g/mol. The lowest BCUT2D eigenvalue weighted by molar-refractivity contribution is -0.129. The normalized spacial score (nSPS) is 39.5. The average molecular weight is 256 g/mol. The van der Waals surface area contributed by atoms with E-state index in [1.54, 1.807) is 0 Å².